The third kappa shape index (κ3) is 5.62. The average molecular weight is 283 g/mol. The number of nitrogens with two attached hydrogens (primary N) is 1. The highest BCUT2D eigenvalue weighted by Gasteiger charge is 2.10. The SMILES string of the molecule is CCC(CCN)CCC(=O)Nc1ccc(Cl)cc1C. The maximum absolute atomic E-state index is 11.9. The monoisotopic (exact) mass is 282 g/mol. The van der Waals surface area contributed by atoms with E-state index in [4.69, 9.17) is 17.3 Å². The van der Waals surface area contributed by atoms with Gasteiger partial charge in [-0.1, -0.05) is 24.9 Å². The van der Waals surface area contributed by atoms with Crippen molar-refractivity contribution < 1.29 is 4.79 Å². The number of nitrogens with one attached hydrogen (secondary N) is 1. The zero-order valence-electron chi connectivity index (χ0n) is 11.7. The molecule has 1 aromatic carbocycles. The number of benzene rings is 1. The molecule has 1 unspecified atom stereocenters. The summed E-state index contributed by atoms with van der Waals surface area (Å²) in [4.78, 5) is 11.9. The Kier molecular flexibility index (Phi) is 6.89. The number of halogens is 1. The van der Waals surface area contributed by atoms with E-state index < -0.39 is 0 Å². The minimum Gasteiger partial charge on any atom is -0.330 e. The largest absolute Gasteiger partial charge is 0.330 e. The smallest absolute Gasteiger partial charge is 0.224 e. The molecule has 0 saturated carbocycles. The van der Waals surface area contributed by atoms with E-state index in [2.05, 4.69) is 12.2 Å². The standard InChI is InChI=1S/C15H23ClN2O/c1-3-12(8-9-17)4-7-15(19)18-14-6-5-13(16)10-11(14)2/h5-6,10,12H,3-4,7-9,17H2,1-2H3,(H,18,19). The van der Waals surface area contributed by atoms with Crippen molar-refractivity contribution in [2.24, 2.45) is 11.7 Å². The van der Waals surface area contributed by atoms with Gasteiger partial charge >= 0.3 is 0 Å². The minimum absolute atomic E-state index is 0.0564. The molecule has 3 N–H and O–H groups in total. The zero-order valence-corrected chi connectivity index (χ0v) is 12.5. The fourth-order valence-electron chi connectivity index (χ4n) is 2.10. The van der Waals surface area contributed by atoms with Gasteiger partial charge in [0.2, 0.25) is 5.91 Å². The third-order valence-corrected chi connectivity index (χ3v) is 3.63. The Morgan fingerprint density at radius 3 is 2.74 bits per heavy atom. The van der Waals surface area contributed by atoms with Crippen molar-refractivity contribution in [3.63, 3.8) is 0 Å². The molecular formula is C15H23ClN2O. The second-order valence-electron chi connectivity index (χ2n) is 4.90. The van der Waals surface area contributed by atoms with Crippen LogP contribution in [0.4, 0.5) is 5.69 Å². The van der Waals surface area contributed by atoms with Gasteiger partial charge in [0.15, 0.2) is 0 Å². The van der Waals surface area contributed by atoms with E-state index in [-0.39, 0.29) is 5.91 Å². The number of hydrogen-bond acceptors (Lipinski definition) is 2. The van der Waals surface area contributed by atoms with Gasteiger partial charge in [0.25, 0.3) is 0 Å². The molecule has 4 heteroatoms. The average Bonchev–Trinajstić information content (AvgIpc) is 2.38. The summed E-state index contributed by atoms with van der Waals surface area (Å²) in [6.45, 7) is 4.77. The van der Waals surface area contributed by atoms with Crippen LogP contribution in [-0.2, 0) is 4.79 Å². The summed E-state index contributed by atoms with van der Waals surface area (Å²) in [6.07, 6.45) is 3.50. The number of carbonyl (C=O) groups is 1. The van der Waals surface area contributed by atoms with Crippen molar-refractivity contribution in [3.05, 3.63) is 28.8 Å². The van der Waals surface area contributed by atoms with Crippen LogP contribution in [0.1, 0.15) is 38.2 Å². The topological polar surface area (TPSA) is 55.1 Å². The van der Waals surface area contributed by atoms with Crippen LogP contribution in [0.5, 0.6) is 0 Å². The highest BCUT2D eigenvalue weighted by molar-refractivity contribution is 6.30. The first-order chi connectivity index (χ1) is 9.06. The van der Waals surface area contributed by atoms with E-state index in [9.17, 15) is 4.79 Å². The van der Waals surface area contributed by atoms with Crippen LogP contribution in [0.15, 0.2) is 18.2 Å². The predicted molar refractivity (Wildman–Crippen MR) is 81.5 cm³/mol. The van der Waals surface area contributed by atoms with E-state index >= 15 is 0 Å². The van der Waals surface area contributed by atoms with Gasteiger partial charge in [-0.3, -0.25) is 4.79 Å². The lowest BCUT2D eigenvalue weighted by Gasteiger charge is -2.14. The van der Waals surface area contributed by atoms with Gasteiger partial charge < -0.3 is 11.1 Å². The fourth-order valence-corrected chi connectivity index (χ4v) is 2.33. The fraction of sp³-hybridized carbons (Fsp3) is 0.533. The Bertz CT molecular complexity index is 421. The van der Waals surface area contributed by atoms with Crippen molar-refractivity contribution in [1.82, 2.24) is 0 Å². The molecule has 0 saturated heterocycles. The molecule has 0 aliphatic heterocycles. The Balaban J connectivity index is 2.46. The Hall–Kier alpha value is -1.06. The number of hydrogen-bond donors (Lipinski definition) is 2. The molecule has 0 aromatic heterocycles. The maximum atomic E-state index is 11.9. The molecule has 1 amide bonds. The number of amides is 1. The number of carbonyl (C=O) groups excluding carboxylic acids is 1. The molecule has 0 heterocycles. The minimum atomic E-state index is 0.0564. The Labute approximate surface area is 120 Å². The highest BCUT2D eigenvalue weighted by Crippen LogP contribution is 2.20. The number of anilines is 1. The van der Waals surface area contributed by atoms with E-state index in [1.165, 1.54) is 0 Å². The highest BCUT2D eigenvalue weighted by atomic mass is 35.5. The summed E-state index contributed by atoms with van der Waals surface area (Å²) < 4.78 is 0. The van der Waals surface area contributed by atoms with Crippen molar-refractivity contribution in [3.8, 4) is 0 Å². The van der Waals surface area contributed by atoms with Crippen LogP contribution in [0.3, 0.4) is 0 Å². The summed E-state index contributed by atoms with van der Waals surface area (Å²) in [7, 11) is 0. The Morgan fingerprint density at radius 2 is 2.16 bits per heavy atom. The van der Waals surface area contributed by atoms with Crippen LogP contribution in [-0.4, -0.2) is 12.5 Å². The van der Waals surface area contributed by atoms with Gasteiger partial charge in [-0.05, 0) is 56.0 Å². The molecule has 19 heavy (non-hydrogen) atoms. The molecule has 1 aromatic rings. The molecule has 106 valence electrons. The molecule has 0 bridgehead atoms. The summed E-state index contributed by atoms with van der Waals surface area (Å²) in [5.41, 5.74) is 7.37. The van der Waals surface area contributed by atoms with Crippen LogP contribution in [0.2, 0.25) is 5.02 Å². The summed E-state index contributed by atoms with van der Waals surface area (Å²) in [6, 6.07) is 5.47. The normalized spacial score (nSPS) is 12.2. The molecule has 0 aliphatic carbocycles. The lowest BCUT2D eigenvalue weighted by Crippen LogP contribution is -2.15. The lowest BCUT2D eigenvalue weighted by atomic mass is 9.96. The molecule has 0 spiro atoms. The predicted octanol–water partition coefficient (Wildman–Crippen LogP) is 3.74. The first kappa shape index (κ1) is 16.0. The van der Waals surface area contributed by atoms with Gasteiger partial charge in [-0.15, -0.1) is 0 Å². The van der Waals surface area contributed by atoms with Gasteiger partial charge in [-0.2, -0.15) is 0 Å². The van der Waals surface area contributed by atoms with E-state index in [1.54, 1.807) is 6.07 Å². The third-order valence-electron chi connectivity index (χ3n) is 3.39. The quantitative estimate of drug-likeness (QED) is 0.800. The lowest BCUT2D eigenvalue weighted by molar-refractivity contribution is -0.116. The first-order valence-electron chi connectivity index (χ1n) is 6.82. The van der Waals surface area contributed by atoms with E-state index in [0.717, 1.165) is 30.5 Å². The maximum Gasteiger partial charge on any atom is 0.224 e. The van der Waals surface area contributed by atoms with Gasteiger partial charge in [0.05, 0.1) is 0 Å². The number of aryl methyl sites for hydroxylation is 1. The number of rotatable bonds is 7. The van der Waals surface area contributed by atoms with Crippen molar-refractivity contribution in [2.45, 2.75) is 39.5 Å². The summed E-state index contributed by atoms with van der Waals surface area (Å²) in [5, 5.41) is 3.61. The van der Waals surface area contributed by atoms with E-state index in [1.807, 2.05) is 19.1 Å². The molecular weight excluding hydrogens is 260 g/mol. The van der Waals surface area contributed by atoms with Crippen LogP contribution in [0, 0.1) is 12.8 Å². The molecule has 3 nitrogen and oxygen atoms in total. The molecule has 1 atom stereocenters. The van der Waals surface area contributed by atoms with Crippen LogP contribution < -0.4 is 11.1 Å². The zero-order chi connectivity index (χ0) is 14.3. The molecule has 0 aliphatic rings. The van der Waals surface area contributed by atoms with Crippen molar-refractivity contribution in [2.75, 3.05) is 11.9 Å². The van der Waals surface area contributed by atoms with Gasteiger partial charge in [0, 0.05) is 17.1 Å². The molecule has 0 fully saturated rings. The summed E-state index contributed by atoms with van der Waals surface area (Å²) >= 11 is 5.89. The van der Waals surface area contributed by atoms with Gasteiger partial charge in [0.1, 0.15) is 0 Å². The second kappa shape index (κ2) is 8.18. The van der Waals surface area contributed by atoms with Crippen molar-refractivity contribution >= 4 is 23.2 Å². The van der Waals surface area contributed by atoms with Crippen molar-refractivity contribution in [1.29, 1.82) is 0 Å². The van der Waals surface area contributed by atoms with Crippen LogP contribution >= 0.6 is 11.6 Å². The second-order valence-corrected chi connectivity index (χ2v) is 5.33. The van der Waals surface area contributed by atoms with Gasteiger partial charge in [-0.25, -0.2) is 0 Å². The summed E-state index contributed by atoms with van der Waals surface area (Å²) in [5.74, 6) is 0.600. The first-order valence-corrected chi connectivity index (χ1v) is 7.20. The molecule has 1 rings (SSSR count). The van der Waals surface area contributed by atoms with Crippen LogP contribution in [0.25, 0.3) is 0 Å². The van der Waals surface area contributed by atoms with E-state index in [0.29, 0.717) is 23.9 Å². The Morgan fingerprint density at radius 1 is 1.42 bits per heavy atom. The molecule has 0 radical (unpaired) electrons.